The van der Waals surface area contributed by atoms with E-state index in [1.165, 1.54) is 5.56 Å². The normalized spacial score (nSPS) is 9.00. The van der Waals surface area contributed by atoms with E-state index in [1.54, 1.807) is 19.0 Å². The van der Waals surface area contributed by atoms with Crippen LogP contribution in [0.1, 0.15) is 25.8 Å². The molecule has 0 aliphatic rings. The first-order valence-corrected chi connectivity index (χ1v) is 5.99. The number of rotatable bonds is 4. The maximum atomic E-state index is 11.2. The molecule has 0 aliphatic carbocycles. The van der Waals surface area contributed by atoms with Gasteiger partial charge in [-0.1, -0.05) is 31.5 Å². The SMILES string of the molecule is CC.Cc1ccc(OCCC(=O)N(C)C)cc1. The summed E-state index contributed by atoms with van der Waals surface area (Å²) < 4.78 is 5.43. The average Bonchev–Trinajstić information content (AvgIpc) is 2.34. The maximum Gasteiger partial charge on any atom is 0.225 e. The smallest absolute Gasteiger partial charge is 0.225 e. The molecule has 0 N–H and O–H groups in total. The minimum atomic E-state index is 0.0853. The Morgan fingerprint density at radius 2 is 1.71 bits per heavy atom. The Labute approximate surface area is 104 Å². The third-order valence-corrected chi connectivity index (χ3v) is 2.10. The van der Waals surface area contributed by atoms with Crippen LogP contribution in [0.3, 0.4) is 0 Å². The molecule has 0 aliphatic heterocycles. The summed E-state index contributed by atoms with van der Waals surface area (Å²) >= 11 is 0. The van der Waals surface area contributed by atoms with E-state index in [0.29, 0.717) is 13.0 Å². The summed E-state index contributed by atoms with van der Waals surface area (Å²) in [6.07, 6.45) is 0.418. The number of carbonyl (C=O) groups is 1. The molecule has 0 saturated carbocycles. The predicted molar refractivity (Wildman–Crippen MR) is 71.3 cm³/mol. The predicted octanol–water partition coefficient (Wildman–Crippen LogP) is 2.88. The van der Waals surface area contributed by atoms with Gasteiger partial charge in [0.05, 0.1) is 13.0 Å². The Bertz CT molecular complexity index is 317. The lowest BCUT2D eigenvalue weighted by molar-refractivity contribution is -0.129. The van der Waals surface area contributed by atoms with Crippen LogP contribution in [-0.4, -0.2) is 31.5 Å². The van der Waals surface area contributed by atoms with E-state index < -0.39 is 0 Å². The van der Waals surface area contributed by atoms with E-state index in [2.05, 4.69) is 0 Å². The minimum absolute atomic E-state index is 0.0853. The zero-order valence-electron chi connectivity index (χ0n) is 11.5. The molecule has 0 heterocycles. The third kappa shape index (κ3) is 6.61. The molecule has 0 atom stereocenters. The molecule has 17 heavy (non-hydrogen) atoms. The van der Waals surface area contributed by atoms with Crippen LogP contribution >= 0.6 is 0 Å². The van der Waals surface area contributed by atoms with Gasteiger partial charge in [0.25, 0.3) is 0 Å². The van der Waals surface area contributed by atoms with Crippen molar-refractivity contribution in [3.05, 3.63) is 29.8 Å². The van der Waals surface area contributed by atoms with Gasteiger partial charge in [0.15, 0.2) is 0 Å². The summed E-state index contributed by atoms with van der Waals surface area (Å²) in [7, 11) is 3.49. The first-order valence-electron chi connectivity index (χ1n) is 5.99. The fourth-order valence-electron chi connectivity index (χ4n) is 1.11. The largest absolute Gasteiger partial charge is 0.493 e. The molecule has 1 rings (SSSR count). The number of benzene rings is 1. The molecule has 3 heteroatoms. The van der Waals surface area contributed by atoms with Gasteiger partial charge in [-0.05, 0) is 19.1 Å². The van der Waals surface area contributed by atoms with Crippen molar-refractivity contribution >= 4 is 5.91 Å². The second kappa shape index (κ2) is 8.62. The number of hydrogen-bond donors (Lipinski definition) is 0. The lowest BCUT2D eigenvalue weighted by atomic mass is 10.2. The van der Waals surface area contributed by atoms with Gasteiger partial charge in [-0.2, -0.15) is 0 Å². The van der Waals surface area contributed by atoms with Crippen LogP contribution in [0.5, 0.6) is 5.75 Å². The molecule has 0 unspecified atom stereocenters. The van der Waals surface area contributed by atoms with E-state index in [1.807, 2.05) is 45.0 Å². The Balaban J connectivity index is 0.00000121. The van der Waals surface area contributed by atoms with Crippen molar-refractivity contribution in [2.24, 2.45) is 0 Å². The molecule has 1 amide bonds. The Morgan fingerprint density at radius 1 is 1.18 bits per heavy atom. The number of ether oxygens (including phenoxy) is 1. The van der Waals surface area contributed by atoms with Gasteiger partial charge in [0, 0.05) is 14.1 Å². The Hall–Kier alpha value is -1.51. The standard InChI is InChI=1S/C12H17NO2.C2H6/c1-10-4-6-11(7-5-10)15-9-8-12(14)13(2)3;1-2/h4-7H,8-9H2,1-3H3;1-2H3. The van der Waals surface area contributed by atoms with Gasteiger partial charge in [-0.15, -0.1) is 0 Å². The molecule has 0 aromatic heterocycles. The van der Waals surface area contributed by atoms with Crippen LogP contribution in [0.2, 0.25) is 0 Å². The van der Waals surface area contributed by atoms with E-state index in [9.17, 15) is 4.79 Å². The van der Waals surface area contributed by atoms with Crippen LogP contribution < -0.4 is 4.74 Å². The summed E-state index contributed by atoms with van der Waals surface area (Å²) in [5.41, 5.74) is 1.20. The highest BCUT2D eigenvalue weighted by Crippen LogP contribution is 2.11. The first kappa shape index (κ1) is 15.5. The van der Waals surface area contributed by atoms with Crippen LogP contribution in [0.25, 0.3) is 0 Å². The molecule has 0 bridgehead atoms. The van der Waals surface area contributed by atoms with Gasteiger partial charge in [0.2, 0.25) is 5.91 Å². The zero-order valence-corrected chi connectivity index (χ0v) is 11.5. The van der Waals surface area contributed by atoms with Crippen molar-refractivity contribution in [3.63, 3.8) is 0 Å². The van der Waals surface area contributed by atoms with Crippen molar-refractivity contribution in [1.29, 1.82) is 0 Å². The quantitative estimate of drug-likeness (QED) is 0.806. The summed E-state index contributed by atoms with van der Waals surface area (Å²) in [5.74, 6) is 0.897. The fraction of sp³-hybridized carbons (Fsp3) is 0.500. The van der Waals surface area contributed by atoms with Gasteiger partial charge in [-0.25, -0.2) is 0 Å². The third-order valence-electron chi connectivity index (χ3n) is 2.10. The molecular weight excluding hydrogens is 214 g/mol. The second-order valence-corrected chi connectivity index (χ2v) is 3.70. The molecule has 0 fully saturated rings. The molecule has 0 radical (unpaired) electrons. The highest BCUT2D eigenvalue weighted by Gasteiger charge is 2.03. The molecule has 1 aromatic carbocycles. The van der Waals surface area contributed by atoms with Crippen molar-refractivity contribution < 1.29 is 9.53 Å². The Kier molecular flexibility index (Phi) is 7.85. The highest BCUT2D eigenvalue weighted by molar-refractivity contribution is 5.75. The topological polar surface area (TPSA) is 29.5 Å². The molecule has 0 saturated heterocycles. The van der Waals surface area contributed by atoms with Gasteiger partial charge < -0.3 is 9.64 Å². The van der Waals surface area contributed by atoms with Crippen LogP contribution in [0.4, 0.5) is 0 Å². The van der Waals surface area contributed by atoms with Gasteiger partial charge in [-0.3, -0.25) is 4.79 Å². The summed E-state index contributed by atoms with van der Waals surface area (Å²) in [6, 6.07) is 7.80. The van der Waals surface area contributed by atoms with Gasteiger partial charge >= 0.3 is 0 Å². The monoisotopic (exact) mass is 237 g/mol. The van der Waals surface area contributed by atoms with Crippen molar-refractivity contribution in [2.75, 3.05) is 20.7 Å². The molecule has 0 spiro atoms. The molecule has 3 nitrogen and oxygen atoms in total. The molecule has 96 valence electrons. The second-order valence-electron chi connectivity index (χ2n) is 3.70. The number of amides is 1. The lowest BCUT2D eigenvalue weighted by Crippen LogP contribution is -2.23. The van der Waals surface area contributed by atoms with E-state index in [0.717, 1.165) is 5.75 Å². The van der Waals surface area contributed by atoms with Crippen LogP contribution in [0.15, 0.2) is 24.3 Å². The Morgan fingerprint density at radius 3 is 2.18 bits per heavy atom. The van der Waals surface area contributed by atoms with E-state index >= 15 is 0 Å². The van der Waals surface area contributed by atoms with Crippen LogP contribution in [-0.2, 0) is 4.79 Å². The number of nitrogens with zero attached hydrogens (tertiary/aromatic N) is 1. The molecule has 1 aromatic rings. The average molecular weight is 237 g/mol. The van der Waals surface area contributed by atoms with E-state index in [4.69, 9.17) is 4.74 Å². The molecular formula is C14H23NO2. The first-order chi connectivity index (χ1) is 8.09. The number of hydrogen-bond acceptors (Lipinski definition) is 2. The lowest BCUT2D eigenvalue weighted by Gasteiger charge is -2.10. The summed E-state index contributed by atoms with van der Waals surface area (Å²) in [4.78, 5) is 12.8. The van der Waals surface area contributed by atoms with Gasteiger partial charge in [0.1, 0.15) is 5.75 Å². The number of carbonyl (C=O) groups excluding carboxylic acids is 1. The zero-order chi connectivity index (χ0) is 13.3. The summed E-state index contributed by atoms with van der Waals surface area (Å²) in [5, 5.41) is 0. The number of aryl methyl sites for hydroxylation is 1. The van der Waals surface area contributed by atoms with E-state index in [-0.39, 0.29) is 5.91 Å². The van der Waals surface area contributed by atoms with Crippen LogP contribution in [0, 0.1) is 6.92 Å². The maximum absolute atomic E-state index is 11.2. The summed E-state index contributed by atoms with van der Waals surface area (Å²) in [6.45, 7) is 6.46. The minimum Gasteiger partial charge on any atom is -0.493 e. The van der Waals surface area contributed by atoms with Crippen molar-refractivity contribution in [2.45, 2.75) is 27.2 Å². The highest BCUT2D eigenvalue weighted by atomic mass is 16.5. The van der Waals surface area contributed by atoms with Crippen molar-refractivity contribution in [3.8, 4) is 5.75 Å². The fourth-order valence-corrected chi connectivity index (χ4v) is 1.11. The van der Waals surface area contributed by atoms with Crippen molar-refractivity contribution in [1.82, 2.24) is 4.90 Å².